The van der Waals surface area contributed by atoms with Gasteiger partial charge >= 0.3 is 12.1 Å². The Kier molecular flexibility index (Phi) is 16.1. The fraction of sp³-hybridized carbons (Fsp3) is 0.673. The number of anilines is 1. The van der Waals surface area contributed by atoms with Crippen LogP contribution in [-0.2, 0) is 28.3 Å². The van der Waals surface area contributed by atoms with Crippen molar-refractivity contribution in [2.24, 2.45) is 23.7 Å². The highest BCUT2D eigenvalue weighted by Gasteiger charge is 2.47. The van der Waals surface area contributed by atoms with Crippen molar-refractivity contribution >= 4 is 49.7 Å². The van der Waals surface area contributed by atoms with E-state index in [-0.39, 0.29) is 71.2 Å². The molecule has 2 saturated heterocycles. The summed E-state index contributed by atoms with van der Waals surface area (Å²) < 4.78 is 18.8. The van der Waals surface area contributed by atoms with E-state index in [0.29, 0.717) is 37.0 Å². The minimum absolute atomic E-state index is 0.0669. The molecule has 0 radical (unpaired) electrons. The zero-order valence-electron chi connectivity index (χ0n) is 38.7. The van der Waals surface area contributed by atoms with Gasteiger partial charge < -0.3 is 24.5 Å². The van der Waals surface area contributed by atoms with Gasteiger partial charge in [0.15, 0.2) is 8.32 Å². The molecule has 2 aliphatic carbocycles. The first kappa shape index (κ1) is 48.2. The fourth-order valence-electron chi connectivity index (χ4n) is 9.87. The van der Waals surface area contributed by atoms with Crippen molar-refractivity contribution in [1.82, 2.24) is 15.5 Å². The topological polar surface area (TPSA) is 169 Å². The Morgan fingerprint density at radius 2 is 1.62 bits per heavy atom. The van der Waals surface area contributed by atoms with Crippen LogP contribution in [-0.4, -0.2) is 86.4 Å². The second-order valence-corrected chi connectivity index (χ2v) is 25.0. The normalized spacial score (nSPS) is 27.3. The van der Waals surface area contributed by atoms with Crippen LogP contribution >= 0.6 is 0 Å². The predicted octanol–water partition coefficient (Wildman–Crippen LogP) is 9.00. The first-order chi connectivity index (χ1) is 29.9. The van der Waals surface area contributed by atoms with E-state index in [9.17, 15) is 28.8 Å². The third-order valence-electron chi connectivity index (χ3n) is 14.3. The van der Waals surface area contributed by atoms with Crippen LogP contribution in [0.25, 0.3) is 0 Å². The minimum atomic E-state index is -2.02. The number of hydrogen-bond acceptors (Lipinski definition) is 10. The number of esters is 1. The average molecular weight is 889 g/mol. The molecule has 2 fully saturated rings. The average Bonchev–Trinajstić information content (AvgIpc) is 3.46. The number of carbonyl (C=O) groups is 6. The number of cyclic esters (lactones) is 1. The number of fused-ring (bicyclic) bond motifs is 2. The summed E-state index contributed by atoms with van der Waals surface area (Å²) in [6.07, 6.45) is 17.9. The van der Waals surface area contributed by atoms with Crippen LogP contribution in [0, 0.1) is 23.7 Å². The van der Waals surface area contributed by atoms with E-state index >= 15 is 0 Å². The molecule has 63 heavy (non-hydrogen) atoms. The summed E-state index contributed by atoms with van der Waals surface area (Å²) in [6, 6.07) is 4.13. The second kappa shape index (κ2) is 21.1. The molecule has 14 heteroatoms. The van der Waals surface area contributed by atoms with Crippen LogP contribution in [0.4, 0.5) is 10.5 Å². The van der Waals surface area contributed by atoms with Crippen LogP contribution in [0.5, 0.6) is 0 Å². The van der Waals surface area contributed by atoms with Crippen LogP contribution in [0.1, 0.15) is 152 Å². The molecular formula is C49H72N4O9Si. The van der Waals surface area contributed by atoms with Gasteiger partial charge in [0.2, 0.25) is 11.8 Å². The standard InChI is InChI=1S/C49H72N4O9Si/c1-31-27-33-20-19-32(2)36(22-21-34-29-35(30-42(55)60-34)62-63(6,7)49(3,4)5)43(33)40(28-31)61-48(59)51-26-15-13-11-9-8-10-12-14-25-50-38-18-16-17-37-44(38)47(58)53(46(37)57)39-23-24-41(54)52-45(39)56/h16-20,27,31-32,34-36,39-40,43,50H,8-15,21-26,28-30H2,1-7H3,(H,51,59)(H,52,54,56)/t31-,32-,34+,35+,36-,39?,40-,43-/m0/s1. The van der Waals surface area contributed by atoms with Crippen molar-refractivity contribution in [3.05, 3.63) is 53.1 Å². The molecule has 3 heterocycles. The highest BCUT2D eigenvalue weighted by molar-refractivity contribution is 6.74. The molecule has 6 rings (SSSR count). The molecule has 0 saturated carbocycles. The van der Waals surface area contributed by atoms with Gasteiger partial charge in [-0.3, -0.25) is 34.2 Å². The summed E-state index contributed by atoms with van der Waals surface area (Å²) in [4.78, 5) is 77.3. The van der Waals surface area contributed by atoms with Crippen molar-refractivity contribution in [1.29, 1.82) is 0 Å². The van der Waals surface area contributed by atoms with E-state index in [1.165, 1.54) is 5.57 Å². The lowest BCUT2D eigenvalue weighted by Crippen LogP contribution is -2.54. The van der Waals surface area contributed by atoms with Gasteiger partial charge in [-0.1, -0.05) is 97.4 Å². The van der Waals surface area contributed by atoms with Crippen molar-refractivity contribution in [2.45, 2.75) is 173 Å². The molecule has 5 amide bonds. The molecule has 0 spiro atoms. The molecule has 3 N–H and O–H groups in total. The third kappa shape index (κ3) is 12.1. The van der Waals surface area contributed by atoms with Gasteiger partial charge in [-0.2, -0.15) is 0 Å². The first-order valence-corrected chi connectivity index (χ1v) is 26.6. The molecule has 0 bridgehead atoms. The predicted molar refractivity (Wildman–Crippen MR) is 244 cm³/mol. The highest BCUT2D eigenvalue weighted by Crippen LogP contribution is 2.46. The van der Waals surface area contributed by atoms with Gasteiger partial charge in [0.25, 0.3) is 11.8 Å². The maximum Gasteiger partial charge on any atom is 0.407 e. The largest absolute Gasteiger partial charge is 0.462 e. The molecule has 1 aromatic carbocycles. The van der Waals surface area contributed by atoms with Gasteiger partial charge in [-0.25, -0.2) is 4.79 Å². The van der Waals surface area contributed by atoms with Gasteiger partial charge in [0.1, 0.15) is 18.2 Å². The van der Waals surface area contributed by atoms with Gasteiger partial charge in [0.05, 0.1) is 23.7 Å². The summed E-state index contributed by atoms with van der Waals surface area (Å²) >= 11 is 0. The molecule has 1 unspecified atom stereocenters. The highest BCUT2D eigenvalue weighted by atomic mass is 28.4. The monoisotopic (exact) mass is 889 g/mol. The number of amides is 5. The lowest BCUT2D eigenvalue weighted by atomic mass is 9.65. The quantitative estimate of drug-likeness (QED) is 0.0528. The maximum absolute atomic E-state index is 13.3. The van der Waals surface area contributed by atoms with Crippen molar-refractivity contribution in [3.63, 3.8) is 0 Å². The Morgan fingerprint density at radius 3 is 2.32 bits per heavy atom. The second-order valence-electron chi connectivity index (χ2n) is 20.2. The Hall–Kier alpha value is -4.30. The lowest BCUT2D eigenvalue weighted by Gasteiger charge is -2.44. The molecule has 8 atom stereocenters. The number of benzene rings is 1. The van der Waals surface area contributed by atoms with Gasteiger partial charge in [-0.05, 0) is 92.1 Å². The Morgan fingerprint density at radius 1 is 0.921 bits per heavy atom. The number of piperidine rings is 1. The van der Waals surface area contributed by atoms with Crippen molar-refractivity contribution in [2.75, 3.05) is 18.4 Å². The SMILES string of the molecule is C[C@H]1C=C2C=C[C@H](C)[C@H](CC[C@@H]3C[C@@H](O[Si](C)(C)C(C)(C)C)CC(=O)O3)[C@H]2[C@@H](OC(=O)NCCCCCCCCCCNc2cccc3c2C(=O)N(C2CCC(=O)NC2=O)C3=O)C1. The third-order valence-corrected chi connectivity index (χ3v) is 18.9. The fourth-order valence-corrected chi connectivity index (χ4v) is 11.2. The molecule has 0 aromatic heterocycles. The number of ether oxygens (including phenoxy) is 2. The molecule has 13 nitrogen and oxygen atoms in total. The summed E-state index contributed by atoms with van der Waals surface area (Å²) in [6.45, 7) is 16.8. The minimum Gasteiger partial charge on any atom is -0.462 e. The number of nitrogens with zero attached hydrogens (tertiary/aromatic N) is 1. The summed E-state index contributed by atoms with van der Waals surface area (Å²) in [7, 11) is -2.02. The molecule has 346 valence electrons. The summed E-state index contributed by atoms with van der Waals surface area (Å²) in [5, 5.41) is 8.65. The Bertz CT molecular complexity index is 1920. The van der Waals surface area contributed by atoms with Gasteiger partial charge in [0, 0.05) is 37.5 Å². The van der Waals surface area contributed by atoms with Crippen LogP contribution in [0.3, 0.4) is 0 Å². The van der Waals surface area contributed by atoms with Crippen LogP contribution < -0.4 is 16.0 Å². The van der Waals surface area contributed by atoms with Crippen molar-refractivity contribution in [3.8, 4) is 0 Å². The number of unbranched alkanes of at least 4 members (excludes halogenated alkanes) is 7. The summed E-state index contributed by atoms with van der Waals surface area (Å²) in [5.74, 6) is -1.21. The number of nitrogens with one attached hydrogen (secondary N) is 3. The number of allylic oxidation sites excluding steroid dienone is 3. The number of imide groups is 2. The van der Waals surface area contributed by atoms with Crippen LogP contribution in [0.2, 0.25) is 18.1 Å². The molecule has 3 aliphatic heterocycles. The Balaban J connectivity index is 0.860. The van der Waals surface area contributed by atoms with E-state index in [1.807, 2.05) is 0 Å². The number of carbonyl (C=O) groups excluding carboxylic acids is 6. The first-order valence-electron chi connectivity index (χ1n) is 23.7. The van der Waals surface area contributed by atoms with E-state index in [1.54, 1.807) is 18.2 Å². The zero-order valence-corrected chi connectivity index (χ0v) is 39.7. The number of alkyl carbamates (subject to hydrolysis) is 1. The molecular weight excluding hydrogens is 817 g/mol. The molecule has 5 aliphatic rings. The lowest BCUT2D eigenvalue weighted by molar-refractivity contribution is -0.160. The number of hydrogen-bond donors (Lipinski definition) is 3. The van der Waals surface area contributed by atoms with Crippen LogP contribution in [0.15, 0.2) is 42.0 Å². The van der Waals surface area contributed by atoms with E-state index in [0.717, 1.165) is 81.9 Å². The summed E-state index contributed by atoms with van der Waals surface area (Å²) in [5.41, 5.74) is 2.39. The molecule has 1 aromatic rings. The maximum atomic E-state index is 13.3. The van der Waals surface area contributed by atoms with E-state index < -0.39 is 38.0 Å². The smallest absolute Gasteiger partial charge is 0.407 e. The Labute approximate surface area is 375 Å². The van der Waals surface area contributed by atoms with Gasteiger partial charge in [-0.15, -0.1) is 0 Å². The zero-order chi connectivity index (χ0) is 45.5. The van der Waals surface area contributed by atoms with E-state index in [4.69, 9.17) is 13.9 Å². The van der Waals surface area contributed by atoms with Crippen molar-refractivity contribution < 1.29 is 42.7 Å². The number of rotatable bonds is 19. The van der Waals surface area contributed by atoms with E-state index in [2.05, 4.69) is 81.9 Å².